The number of allylic oxidation sites excluding steroid dienone is 1. The molecule has 7 nitrogen and oxygen atoms in total. The van der Waals surface area contributed by atoms with Gasteiger partial charge in [-0.2, -0.15) is 13.2 Å². The summed E-state index contributed by atoms with van der Waals surface area (Å²) in [5, 5.41) is 12.6. The van der Waals surface area contributed by atoms with Gasteiger partial charge >= 0.3 is 6.18 Å². The van der Waals surface area contributed by atoms with Crippen molar-refractivity contribution in [1.29, 1.82) is 0 Å². The van der Waals surface area contributed by atoms with E-state index in [9.17, 15) is 23.1 Å². The zero-order valence-corrected chi connectivity index (χ0v) is 15.7. The van der Waals surface area contributed by atoms with Gasteiger partial charge in [-0.15, -0.1) is 0 Å². The van der Waals surface area contributed by atoms with Crippen molar-refractivity contribution in [3.63, 3.8) is 0 Å². The number of imidazole rings is 1. The van der Waals surface area contributed by atoms with Gasteiger partial charge in [-0.1, -0.05) is 11.8 Å². The molecule has 1 heterocycles. The Kier molecular flexibility index (Phi) is 6.73. The highest BCUT2D eigenvalue weighted by Gasteiger charge is 2.33. The molecule has 0 radical (unpaired) electrons. The maximum Gasteiger partial charge on any atom is 0.433 e. The molecule has 1 aromatic heterocycles. The topological polar surface area (TPSA) is 99.6 Å². The molecule has 0 aliphatic heterocycles. The van der Waals surface area contributed by atoms with Crippen LogP contribution in [0.4, 0.5) is 18.9 Å². The third-order valence-corrected chi connectivity index (χ3v) is 4.32. The summed E-state index contributed by atoms with van der Waals surface area (Å²) < 4.78 is 43.2. The van der Waals surface area contributed by atoms with Gasteiger partial charge < -0.3 is 20.1 Å². The fourth-order valence-electron chi connectivity index (χ4n) is 2.11. The minimum Gasteiger partial charge on any atom is -0.504 e. The maximum atomic E-state index is 12.8. The number of aliphatic imine (C=N–C) groups is 1. The standard InChI is InChI=1S/C17H17F3N4O3S/c1-9-11(7-14(21-2)17(18,19)20)24-16(22-9)28-8-15(26)23-10-4-5-13(27-3)12(25)6-10/h4-7,25H,2,8H2,1,3H3,(H,22,24)(H,23,26)/b14-7-. The quantitative estimate of drug-likeness (QED) is 0.473. The van der Waals surface area contributed by atoms with Crippen LogP contribution in [0.1, 0.15) is 11.4 Å². The summed E-state index contributed by atoms with van der Waals surface area (Å²) in [5.74, 6) is -0.285. The zero-order chi connectivity index (χ0) is 20.9. The number of nitrogens with zero attached hydrogens (tertiary/aromatic N) is 2. The minimum atomic E-state index is -4.63. The number of phenolic OH excluding ortho intramolecular Hbond substituents is 1. The number of aromatic amines is 1. The fraction of sp³-hybridized carbons (Fsp3) is 0.235. The lowest BCUT2D eigenvalue weighted by atomic mass is 10.3. The largest absolute Gasteiger partial charge is 0.504 e. The molecule has 2 rings (SSSR count). The SMILES string of the molecule is C=N/C(=C\c1[nH]c(SCC(=O)Nc2ccc(OC)c(O)c2)nc1C)C(F)(F)F. The number of ether oxygens (including phenoxy) is 1. The van der Waals surface area contributed by atoms with E-state index in [1.54, 1.807) is 6.07 Å². The number of hydrogen-bond acceptors (Lipinski definition) is 6. The first kappa shape index (κ1) is 21.4. The van der Waals surface area contributed by atoms with Gasteiger partial charge in [0.25, 0.3) is 0 Å². The van der Waals surface area contributed by atoms with Gasteiger partial charge in [0.05, 0.1) is 24.3 Å². The lowest BCUT2D eigenvalue weighted by Crippen LogP contribution is -2.14. The molecule has 3 N–H and O–H groups in total. The predicted octanol–water partition coefficient (Wildman–Crippen LogP) is 3.77. The van der Waals surface area contributed by atoms with E-state index in [1.807, 2.05) is 0 Å². The van der Waals surface area contributed by atoms with Crippen molar-refractivity contribution in [3.05, 3.63) is 35.3 Å². The molecule has 0 spiro atoms. The number of aromatic hydroxyl groups is 1. The lowest BCUT2D eigenvalue weighted by molar-refractivity contribution is -0.113. The molecule has 1 amide bonds. The van der Waals surface area contributed by atoms with E-state index in [0.717, 1.165) is 17.8 Å². The molecule has 0 fully saturated rings. The number of aryl methyl sites for hydroxylation is 1. The molecular formula is C17H17F3N4O3S. The number of carbonyl (C=O) groups is 1. The number of amides is 1. The van der Waals surface area contributed by atoms with E-state index < -0.39 is 11.9 Å². The Morgan fingerprint density at radius 1 is 1.50 bits per heavy atom. The molecule has 0 aliphatic rings. The number of benzene rings is 1. The fourth-order valence-corrected chi connectivity index (χ4v) is 2.83. The van der Waals surface area contributed by atoms with Crippen LogP contribution in [-0.2, 0) is 4.79 Å². The first-order valence-corrected chi connectivity index (χ1v) is 8.74. The number of nitrogens with one attached hydrogen (secondary N) is 2. The molecule has 0 saturated carbocycles. The van der Waals surface area contributed by atoms with Crippen molar-refractivity contribution in [2.24, 2.45) is 4.99 Å². The lowest BCUT2D eigenvalue weighted by Gasteiger charge is -2.07. The number of H-pyrrole nitrogens is 1. The number of aromatic nitrogens is 2. The van der Waals surface area contributed by atoms with Crippen molar-refractivity contribution in [2.75, 3.05) is 18.2 Å². The predicted molar refractivity (Wildman–Crippen MR) is 101 cm³/mol. The summed E-state index contributed by atoms with van der Waals surface area (Å²) in [4.78, 5) is 21.8. The van der Waals surface area contributed by atoms with E-state index in [4.69, 9.17) is 4.74 Å². The third-order valence-electron chi connectivity index (χ3n) is 3.45. The molecule has 0 atom stereocenters. The van der Waals surface area contributed by atoms with Crippen molar-refractivity contribution in [3.8, 4) is 11.5 Å². The Hall–Kier alpha value is -2.95. The van der Waals surface area contributed by atoms with Crippen LogP contribution in [0.25, 0.3) is 6.08 Å². The molecule has 0 unspecified atom stereocenters. The first-order chi connectivity index (χ1) is 13.1. The Balaban J connectivity index is 2.01. The maximum absolute atomic E-state index is 12.8. The Bertz CT molecular complexity index is 910. The van der Waals surface area contributed by atoms with E-state index in [0.29, 0.717) is 11.4 Å². The minimum absolute atomic E-state index is 0.0469. The summed E-state index contributed by atoms with van der Waals surface area (Å²) in [6, 6.07) is 4.39. The summed E-state index contributed by atoms with van der Waals surface area (Å²) in [6.45, 7) is 4.45. The second-order valence-corrected chi connectivity index (χ2v) is 6.41. The number of phenols is 1. The van der Waals surface area contributed by atoms with Crippen LogP contribution >= 0.6 is 11.8 Å². The van der Waals surface area contributed by atoms with E-state index in [2.05, 4.69) is 27.0 Å². The summed E-state index contributed by atoms with van der Waals surface area (Å²) in [6.07, 6.45) is -3.82. The first-order valence-electron chi connectivity index (χ1n) is 7.76. The normalized spacial score (nSPS) is 12.0. The van der Waals surface area contributed by atoms with Crippen molar-refractivity contribution >= 4 is 36.1 Å². The van der Waals surface area contributed by atoms with Crippen LogP contribution in [0, 0.1) is 6.92 Å². The van der Waals surface area contributed by atoms with Gasteiger partial charge in [-0.05, 0) is 31.9 Å². The van der Waals surface area contributed by atoms with Crippen molar-refractivity contribution in [2.45, 2.75) is 18.3 Å². The smallest absolute Gasteiger partial charge is 0.433 e. The number of thioether (sulfide) groups is 1. The average Bonchev–Trinajstić information content (AvgIpc) is 2.96. The second-order valence-electron chi connectivity index (χ2n) is 5.45. The van der Waals surface area contributed by atoms with Gasteiger partial charge in [0.1, 0.15) is 5.70 Å². The van der Waals surface area contributed by atoms with Gasteiger partial charge in [0.2, 0.25) is 5.91 Å². The Labute approximate surface area is 162 Å². The molecule has 150 valence electrons. The average molecular weight is 414 g/mol. The highest BCUT2D eigenvalue weighted by Crippen LogP contribution is 2.30. The zero-order valence-electron chi connectivity index (χ0n) is 14.9. The van der Waals surface area contributed by atoms with Crippen LogP contribution in [0.3, 0.4) is 0 Å². The number of anilines is 1. The van der Waals surface area contributed by atoms with Crippen LogP contribution < -0.4 is 10.1 Å². The number of methoxy groups -OCH3 is 1. The molecule has 0 bridgehead atoms. The number of alkyl halides is 3. The Morgan fingerprint density at radius 3 is 2.79 bits per heavy atom. The number of hydrogen-bond donors (Lipinski definition) is 3. The third kappa shape index (κ3) is 5.52. The summed E-state index contributed by atoms with van der Waals surface area (Å²) in [5.41, 5.74) is -0.320. The van der Waals surface area contributed by atoms with Gasteiger partial charge in [0, 0.05) is 11.8 Å². The van der Waals surface area contributed by atoms with Gasteiger partial charge in [-0.3, -0.25) is 9.79 Å². The van der Waals surface area contributed by atoms with Crippen LogP contribution in [0.5, 0.6) is 11.5 Å². The molecule has 11 heteroatoms. The van der Waals surface area contributed by atoms with Crippen molar-refractivity contribution < 1.29 is 27.8 Å². The highest BCUT2D eigenvalue weighted by molar-refractivity contribution is 7.99. The summed E-state index contributed by atoms with van der Waals surface area (Å²) in [7, 11) is 1.40. The summed E-state index contributed by atoms with van der Waals surface area (Å²) >= 11 is 1.01. The molecular weight excluding hydrogens is 397 g/mol. The molecule has 2 aromatic rings. The molecule has 28 heavy (non-hydrogen) atoms. The van der Waals surface area contributed by atoms with E-state index in [1.165, 1.54) is 26.2 Å². The monoisotopic (exact) mass is 414 g/mol. The number of rotatable bonds is 7. The number of carbonyl (C=O) groups excluding carboxylic acids is 1. The molecule has 0 saturated heterocycles. The highest BCUT2D eigenvalue weighted by atomic mass is 32.2. The number of halogens is 3. The molecule has 0 aliphatic carbocycles. The van der Waals surface area contributed by atoms with Crippen LogP contribution in [0.2, 0.25) is 0 Å². The van der Waals surface area contributed by atoms with Crippen molar-refractivity contribution in [1.82, 2.24) is 9.97 Å². The van der Waals surface area contributed by atoms with E-state index in [-0.39, 0.29) is 34.0 Å². The van der Waals surface area contributed by atoms with Gasteiger partial charge in [0.15, 0.2) is 16.7 Å². The second kappa shape index (κ2) is 8.83. The molecule has 1 aromatic carbocycles. The van der Waals surface area contributed by atoms with E-state index >= 15 is 0 Å². The van der Waals surface area contributed by atoms with Gasteiger partial charge in [-0.25, -0.2) is 4.98 Å². The van der Waals surface area contributed by atoms with Crippen LogP contribution in [-0.4, -0.2) is 46.7 Å². The van der Waals surface area contributed by atoms with Crippen LogP contribution in [0.15, 0.2) is 34.0 Å². The Morgan fingerprint density at radius 2 is 2.21 bits per heavy atom.